The average Bonchev–Trinajstić information content (AvgIpc) is 2.45. The summed E-state index contributed by atoms with van der Waals surface area (Å²) in [4.78, 5) is 14.3. The topological polar surface area (TPSA) is 38.8 Å². The van der Waals surface area contributed by atoms with Crippen LogP contribution in [0, 0.1) is 0 Å². The van der Waals surface area contributed by atoms with Crippen LogP contribution in [0.4, 0.5) is 0 Å². The summed E-state index contributed by atoms with van der Waals surface area (Å²) in [5, 5.41) is 0.637. The van der Waals surface area contributed by atoms with Crippen molar-refractivity contribution in [3.05, 3.63) is 34.9 Å². The Hall–Kier alpha value is -0.940. The summed E-state index contributed by atoms with van der Waals surface area (Å²) in [5.74, 6) is 0.0928. The Morgan fingerprint density at radius 2 is 1.75 bits per heavy atom. The molecule has 0 saturated carbocycles. The van der Waals surface area contributed by atoms with Gasteiger partial charge < -0.3 is 9.47 Å². The predicted molar refractivity (Wildman–Crippen MR) is 80.6 cm³/mol. The number of ether oxygens (including phenoxy) is 2. The molecule has 0 spiro atoms. The van der Waals surface area contributed by atoms with E-state index in [-0.39, 0.29) is 5.78 Å². The largest absolute Gasteiger partial charge is 0.385 e. The van der Waals surface area contributed by atoms with E-state index in [1.54, 1.807) is 38.5 Å². The Balaban J connectivity index is 2.53. The summed E-state index contributed by atoms with van der Waals surface area (Å²) in [6, 6.07) is 6.99. The first-order chi connectivity index (χ1) is 9.67. The van der Waals surface area contributed by atoms with Crippen molar-refractivity contribution < 1.29 is 14.3 Å². The molecule has 1 rings (SSSR count). The van der Waals surface area contributed by atoms with E-state index < -0.39 is 0 Å². The number of hydrogen-bond acceptors (Lipinski definition) is 4. The molecule has 5 heteroatoms. The van der Waals surface area contributed by atoms with E-state index in [0.29, 0.717) is 30.3 Å². The number of hydrogen-bond donors (Lipinski definition) is 0. The highest BCUT2D eigenvalue weighted by Gasteiger charge is 2.12. The lowest BCUT2D eigenvalue weighted by molar-refractivity contribution is 0.0878. The van der Waals surface area contributed by atoms with Gasteiger partial charge in [0.05, 0.1) is 13.2 Å². The predicted octanol–water partition coefficient (Wildman–Crippen LogP) is 2.51. The molecule has 0 aliphatic rings. The first kappa shape index (κ1) is 17.1. The van der Waals surface area contributed by atoms with Gasteiger partial charge in [0.2, 0.25) is 0 Å². The van der Waals surface area contributed by atoms with Crippen LogP contribution < -0.4 is 0 Å². The lowest BCUT2D eigenvalue weighted by Crippen LogP contribution is -2.34. The third-order valence-corrected chi connectivity index (χ3v) is 3.22. The molecule has 0 radical (unpaired) electrons. The molecule has 1 aromatic rings. The fraction of sp³-hybridized carbons (Fsp3) is 0.533. The second-order valence-electron chi connectivity index (χ2n) is 4.55. The Labute approximate surface area is 125 Å². The first-order valence-corrected chi connectivity index (χ1v) is 7.04. The zero-order valence-corrected chi connectivity index (χ0v) is 12.9. The lowest BCUT2D eigenvalue weighted by Gasteiger charge is -2.21. The molecule has 0 saturated heterocycles. The summed E-state index contributed by atoms with van der Waals surface area (Å²) in [5.41, 5.74) is 0.684. The fourth-order valence-corrected chi connectivity index (χ4v) is 1.98. The average molecular weight is 300 g/mol. The van der Waals surface area contributed by atoms with Crippen molar-refractivity contribution in [2.45, 2.75) is 6.42 Å². The maximum absolute atomic E-state index is 12.2. The summed E-state index contributed by atoms with van der Waals surface area (Å²) in [6.07, 6.45) is 0.897. The highest BCUT2D eigenvalue weighted by Crippen LogP contribution is 2.10. The molecule has 0 bridgehead atoms. The summed E-state index contributed by atoms with van der Waals surface area (Å²) in [6.45, 7) is 3.24. The molecule has 4 nitrogen and oxygen atoms in total. The number of carbonyl (C=O) groups excluding carboxylic acids is 1. The molecular weight excluding hydrogens is 278 g/mol. The molecule has 20 heavy (non-hydrogen) atoms. The monoisotopic (exact) mass is 299 g/mol. The maximum atomic E-state index is 12.2. The highest BCUT2D eigenvalue weighted by molar-refractivity contribution is 6.30. The SMILES string of the molecule is COCCCN(CCOC)CC(=O)c1ccc(Cl)cc1. The van der Waals surface area contributed by atoms with Gasteiger partial charge in [-0.3, -0.25) is 9.69 Å². The van der Waals surface area contributed by atoms with Gasteiger partial charge in [0.1, 0.15) is 0 Å². The van der Waals surface area contributed by atoms with Gasteiger partial charge in [-0.2, -0.15) is 0 Å². The van der Waals surface area contributed by atoms with E-state index in [0.717, 1.165) is 19.5 Å². The van der Waals surface area contributed by atoms with E-state index in [4.69, 9.17) is 21.1 Å². The van der Waals surface area contributed by atoms with Crippen molar-refractivity contribution in [3.8, 4) is 0 Å². The fourth-order valence-electron chi connectivity index (χ4n) is 1.85. The van der Waals surface area contributed by atoms with Crippen molar-refractivity contribution in [3.63, 3.8) is 0 Å². The van der Waals surface area contributed by atoms with Crippen LogP contribution in [-0.4, -0.2) is 57.8 Å². The van der Waals surface area contributed by atoms with Gasteiger partial charge in [-0.05, 0) is 30.7 Å². The molecule has 112 valence electrons. The summed E-state index contributed by atoms with van der Waals surface area (Å²) in [7, 11) is 3.34. The van der Waals surface area contributed by atoms with Gasteiger partial charge in [-0.1, -0.05) is 11.6 Å². The molecule has 1 aromatic carbocycles. The minimum absolute atomic E-state index is 0.0928. The number of rotatable bonds is 10. The molecule has 0 unspecified atom stereocenters. The van der Waals surface area contributed by atoms with Crippen LogP contribution in [-0.2, 0) is 9.47 Å². The van der Waals surface area contributed by atoms with Gasteiger partial charge in [-0.25, -0.2) is 0 Å². The second kappa shape index (κ2) is 9.88. The zero-order valence-electron chi connectivity index (χ0n) is 12.1. The summed E-state index contributed by atoms with van der Waals surface area (Å²) < 4.78 is 10.1. The number of benzene rings is 1. The minimum Gasteiger partial charge on any atom is -0.385 e. The number of ketones is 1. The van der Waals surface area contributed by atoms with Gasteiger partial charge in [0, 0.05) is 44.5 Å². The number of Topliss-reactive ketones (excluding diaryl/α,β-unsaturated/α-hetero) is 1. The van der Waals surface area contributed by atoms with Crippen LogP contribution in [0.1, 0.15) is 16.8 Å². The van der Waals surface area contributed by atoms with Crippen LogP contribution in [0.3, 0.4) is 0 Å². The molecule has 0 amide bonds. The number of methoxy groups -OCH3 is 2. The van der Waals surface area contributed by atoms with E-state index in [1.165, 1.54) is 0 Å². The Kier molecular flexibility index (Phi) is 8.46. The third kappa shape index (κ3) is 6.48. The first-order valence-electron chi connectivity index (χ1n) is 6.66. The van der Waals surface area contributed by atoms with E-state index in [9.17, 15) is 4.79 Å². The summed E-state index contributed by atoms with van der Waals surface area (Å²) >= 11 is 5.82. The minimum atomic E-state index is 0.0928. The van der Waals surface area contributed by atoms with Crippen molar-refractivity contribution in [2.24, 2.45) is 0 Å². The van der Waals surface area contributed by atoms with E-state index in [1.807, 2.05) is 0 Å². The van der Waals surface area contributed by atoms with Crippen LogP contribution in [0.25, 0.3) is 0 Å². The molecule has 0 atom stereocenters. The molecule has 0 aromatic heterocycles. The number of carbonyl (C=O) groups is 1. The zero-order chi connectivity index (χ0) is 14.8. The Morgan fingerprint density at radius 3 is 2.35 bits per heavy atom. The Bertz CT molecular complexity index is 395. The quantitative estimate of drug-likeness (QED) is 0.491. The molecule has 0 aliphatic heterocycles. The molecule has 0 fully saturated rings. The van der Waals surface area contributed by atoms with Gasteiger partial charge in [0.15, 0.2) is 5.78 Å². The van der Waals surface area contributed by atoms with Crippen LogP contribution in [0.5, 0.6) is 0 Å². The Morgan fingerprint density at radius 1 is 1.10 bits per heavy atom. The maximum Gasteiger partial charge on any atom is 0.176 e. The number of halogens is 1. The van der Waals surface area contributed by atoms with E-state index in [2.05, 4.69) is 4.90 Å². The molecule has 0 aliphatic carbocycles. The highest BCUT2D eigenvalue weighted by atomic mass is 35.5. The van der Waals surface area contributed by atoms with Gasteiger partial charge in [0.25, 0.3) is 0 Å². The van der Waals surface area contributed by atoms with Crippen LogP contribution in [0.2, 0.25) is 5.02 Å². The van der Waals surface area contributed by atoms with Crippen molar-refractivity contribution in [2.75, 3.05) is 47.1 Å². The van der Waals surface area contributed by atoms with Crippen molar-refractivity contribution in [1.29, 1.82) is 0 Å². The van der Waals surface area contributed by atoms with Crippen molar-refractivity contribution >= 4 is 17.4 Å². The molecule has 0 heterocycles. The molecule has 0 N–H and O–H groups in total. The normalized spacial score (nSPS) is 11.0. The van der Waals surface area contributed by atoms with Crippen molar-refractivity contribution in [1.82, 2.24) is 4.90 Å². The lowest BCUT2D eigenvalue weighted by atomic mass is 10.1. The van der Waals surface area contributed by atoms with Gasteiger partial charge >= 0.3 is 0 Å². The van der Waals surface area contributed by atoms with Gasteiger partial charge in [-0.15, -0.1) is 0 Å². The standard InChI is InChI=1S/C15H22ClNO3/c1-19-10-3-8-17(9-11-20-2)12-15(18)13-4-6-14(16)7-5-13/h4-7H,3,8-12H2,1-2H3. The smallest absolute Gasteiger partial charge is 0.176 e. The second-order valence-corrected chi connectivity index (χ2v) is 4.98. The van der Waals surface area contributed by atoms with E-state index >= 15 is 0 Å². The van der Waals surface area contributed by atoms with Crippen LogP contribution in [0.15, 0.2) is 24.3 Å². The molecular formula is C15H22ClNO3. The van der Waals surface area contributed by atoms with Crippen LogP contribution >= 0.6 is 11.6 Å². The third-order valence-electron chi connectivity index (χ3n) is 2.97. The number of nitrogens with zero attached hydrogens (tertiary/aromatic N) is 1.